The highest BCUT2D eigenvalue weighted by atomic mass is 19.1. The maximum Gasteiger partial charge on any atom is 0.191 e. The van der Waals surface area contributed by atoms with Crippen LogP contribution in [0.4, 0.5) is 8.78 Å². The summed E-state index contributed by atoms with van der Waals surface area (Å²) in [6.45, 7) is 5.87. The zero-order valence-corrected chi connectivity index (χ0v) is 12.2. The lowest BCUT2D eigenvalue weighted by atomic mass is 9.98. The van der Waals surface area contributed by atoms with Crippen LogP contribution in [0.3, 0.4) is 0 Å². The first-order valence-electron chi connectivity index (χ1n) is 6.64. The summed E-state index contributed by atoms with van der Waals surface area (Å²) in [5, 5.41) is 0. The molecule has 2 aromatic carbocycles. The quantitative estimate of drug-likeness (QED) is 0.586. The van der Waals surface area contributed by atoms with Crippen molar-refractivity contribution in [1.82, 2.24) is 0 Å². The van der Waals surface area contributed by atoms with E-state index in [1.165, 1.54) is 12.1 Å². The molecule has 108 valence electrons. The number of benzene rings is 2. The van der Waals surface area contributed by atoms with Crippen LogP contribution in [0.5, 0.6) is 0 Å². The third-order valence-corrected chi connectivity index (χ3v) is 3.35. The maximum absolute atomic E-state index is 13.5. The van der Waals surface area contributed by atoms with Gasteiger partial charge in [0, 0.05) is 0 Å². The molecule has 0 aliphatic carbocycles. The molecule has 0 unspecified atom stereocenters. The number of allylic oxidation sites excluding steroid dienone is 1. The summed E-state index contributed by atoms with van der Waals surface area (Å²) in [6.07, 6.45) is 2.82. The van der Waals surface area contributed by atoms with Crippen LogP contribution in [0, 0.1) is 32.4 Å². The molecule has 0 amide bonds. The Kier molecular flexibility index (Phi) is 4.32. The molecular weight excluding hydrogens is 270 g/mol. The molecule has 2 rings (SSSR count). The van der Waals surface area contributed by atoms with Crippen molar-refractivity contribution < 1.29 is 13.6 Å². The summed E-state index contributed by atoms with van der Waals surface area (Å²) >= 11 is 0. The molecule has 21 heavy (non-hydrogen) atoms. The van der Waals surface area contributed by atoms with E-state index in [-0.39, 0.29) is 0 Å². The molecule has 0 saturated carbocycles. The zero-order chi connectivity index (χ0) is 15.6. The van der Waals surface area contributed by atoms with Crippen molar-refractivity contribution in [2.24, 2.45) is 0 Å². The van der Waals surface area contributed by atoms with Crippen LogP contribution in [0.25, 0.3) is 6.08 Å². The number of carbonyl (C=O) groups excluding carboxylic acids is 1. The Bertz CT molecular complexity index is 687. The van der Waals surface area contributed by atoms with Crippen molar-refractivity contribution in [3.63, 3.8) is 0 Å². The fourth-order valence-corrected chi connectivity index (χ4v) is 2.43. The standard InChI is InChI=1S/C18H16F2O/c1-11-9-12(2)14(13(3)10-11)7-8-17(21)18-15(19)5-4-6-16(18)20/h4-10H,1-3H3/b8-7+. The molecule has 3 heteroatoms. The number of rotatable bonds is 3. The van der Waals surface area contributed by atoms with Crippen LogP contribution >= 0.6 is 0 Å². The lowest BCUT2D eigenvalue weighted by molar-refractivity contribution is 0.104. The first kappa shape index (κ1) is 15.1. The topological polar surface area (TPSA) is 17.1 Å². The molecule has 0 fully saturated rings. The molecule has 0 aliphatic rings. The third-order valence-electron chi connectivity index (χ3n) is 3.35. The number of hydrogen-bond donors (Lipinski definition) is 0. The smallest absolute Gasteiger partial charge is 0.191 e. The van der Waals surface area contributed by atoms with Gasteiger partial charge in [-0.25, -0.2) is 8.78 Å². The van der Waals surface area contributed by atoms with Gasteiger partial charge in [-0.2, -0.15) is 0 Å². The second-order valence-electron chi connectivity index (χ2n) is 5.11. The fourth-order valence-electron chi connectivity index (χ4n) is 2.43. The summed E-state index contributed by atoms with van der Waals surface area (Å²) < 4.78 is 27.1. The Labute approximate surface area is 122 Å². The zero-order valence-electron chi connectivity index (χ0n) is 12.2. The molecule has 0 aliphatic heterocycles. The molecule has 0 aromatic heterocycles. The Hall–Kier alpha value is -2.29. The van der Waals surface area contributed by atoms with Gasteiger partial charge in [-0.15, -0.1) is 0 Å². The minimum atomic E-state index is -0.845. The van der Waals surface area contributed by atoms with Gasteiger partial charge in [0.05, 0.1) is 5.56 Å². The predicted octanol–water partition coefficient (Wildman–Crippen LogP) is 4.79. The van der Waals surface area contributed by atoms with Gasteiger partial charge < -0.3 is 0 Å². The Morgan fingerprint density at radius 1 is 1.00 bits per heavy atom. The second kappa shape index (κ2) is 6.00. The van der Waals surface area contributed by atoms with Crippen molar-refractivity contribution in [2.45, 2.75) is 20.8 Å². The summed E-state index contributed by atoms with van der Waals surface area (Å²) in [4.78, 5) is 12.0. The highest BCUT2D eigenvalue weighted by Gasteiger charge is 2.14. The lowest BCUT2D eigenvalue weighted by Crippen LogP contribution is -2.02. The van der Waals surface area contributed by atoms with Crippen LogP contribution in [0.1, 0.15) is 32.6 Å². The normalized spacial score (nSPS) is 11.1. The average molecular weight is 286 g/mol. The van der Waals surface area contributed by atoms with Crippen molar-refractivity contribution in [1.29, 1.82) is 0 Å². The highest BCUT2D eigenvalue weighted by molar-refractivity contribution is 6.07. The lowest BCUT2D eigenvalue weighted by Gasteiger charge is -2.07. The third kappa shape index (κ3) is 3.24. The van der Waals surface area contributed by atoms with E-state index in [0.717, 1.165) is 34.4 Å². The van der Waals surface area contributed by atoms with Crippen molar-refractivity contribution in [3.05, 3.63) is 75.9 Å². The molecule has 0 heterocycles. The van der Waals surface area contributed by atoms with Gasteiger partial charge in [-0.3, -0.25) is 4.79 Å². The number of aryl methyl sites for hydroxylation is 3. The van der Waals surface area contributed by atoms with E-state index in [9.17, 15) is 13.6 Å². The van der Waals surface area contributed by atoms with E-state index in [4.69, 9.17) is 0 Å². The van der Waals surface area contributed by atoms with Gasteiger partial charge >= 0.3 is 0 Å². The van der Waals surface area contributed by atoms with Gasteiger partial charge in [-0.05, 0) is 55.7 Å². The first-order valence-corrected chi connectivity index (χ1v) is 6.64. The fraction of sp³-hybridized carbons (Fsp3) is 0.167. The average Bonchev–Trinajstić information content (AvgIpc) is 2.37. The molecule has 0 spiro atoms. The SMILES string of the molecule is Cc1cc(C)c(/C=C/C(=O)c2c(F)cccc2F)c(C)c1. The van der Waals surface area contributed by atoms with Gasteiger partial charge in [0.15, 0.2) is 5.78 Å². The van der Waals surface area contributed by atoms with E-state index in [2.05, 4.69) is 0 Å². The maximum atomic E-state index is 13.5. The second-order valence-corrected chi connectivity index (χ2v) is 5.11. The van der Waals surface area contributed by atoms with E-state index in [1.54, 1.807) is 6.08 Å². The molecule has 2 aromatic rings. The van der Waals surface area contributed by atoms with Crippen LogP contribution in [-0.4, -0.2) is 5.78 Å². The van der Waals surface area contributed by atoms with E-state index < -0.39 is 23.0 Å². The van der Waals surface area contributed by atoms with Crippen molar-refractivity contribution in [3.8, 4) is 0 Å². The Morgan fingerprint density at radius 2 is 1.52 bits per heavy atom. The molecule has 0 bridgehead atoms. The molecule has 1 nitrogen and oxygen atoms in total. The number of hydrogen-bond acceptors (Lipinski definition) is 1. The number of carbonyl (C=O) groups is 1. The summed E-state index contributed by atoms with van der Waals surface area (Å²) in [5.74, 6) is -2.37. The molecule has 0 radical (unpaired) electrons. The van der Waals surface area contributed by atoms with Crippen molar-refractivity contribution >= 4 is 11.9 Å². The molecule has 0 saturated heterocycles. The van der Waals surface area contributed by atoms with Gasteiger partial charge in [0.25, 0.3) is 0 Å². The van der Waals surface area contributed by atoms with Gasteiger partial charge in [0.2, 0.25) is 0 Å². The van der Waals surface area contributed by atoms with E-state index in [1.807, 2.05) is 32.9 Å². The van der Waals surface area contributed by atoms with Crippen LogP contribution in [-0.2, 0) is 0 Å². The summed E-state index contributed by atoms with van der Waals surface area (Å²) in [6, 6.07) is 7.39. The Balaban J connectivity index is 2.36. The van der Waals surface area contributed by atoms with E-state index in [0.29, 0.717) is 0 Å². The van der Waals surface area contributed by atoms with Crippen molar-refractivity contribution in [2.75, 3.05) is 0 Å². The Morgan fingerprint density at radius 3 is 2.05 bits per heavy atom. The largest absolute Gasteiger partial charge is 0.289 e. The summed E-state index contributed by atoms with van der Waals surface area (Å²) in [7, 11) is 0. The minimum absolute atomic E-state index is 0.517. The minimum Gasteiger partial charge on any atom is -0.289 e. The first-order chi connectivity index (χ1) is 9.90. The van der Waals surface area contributed by atoms with Crippen LogP contribution in [0.2, 0.25) is 0 Å². The predicted molar refractivity (Wildman–Crippen MR) is 80.4 cm³/mol. The molecular formula is C18H16F2O. The molecule has 0 N–H and O–H groups in total. The van der Waals surface area contributed by atoms with Crippen LogP contribution in [0.15, 0.2) is 36.4 Å². The monoisotopic (exact) mass is 286 g/mol. The van der Waals surface area contributed by atoms with Gasteiger partial charge in [-0.1, -0.05) is 29.8 Å². The van der Waals surface area contributed by atoms with Gasteiger partial charge in [0.1, 0.15) is 11.6 Å². The molecule has 0 atom stereocenters. The summed E-state index contributed by atoms with van der Waals surface area (Å²) in [5.41, 5.74) is 3.55. The van der Waals surface area contributed by atoms with E-state index >= 15 is 0 Å². The van der Waals surface area contributed by atoms with Crippen LogP contribution < -0.4 is 0 Å². The highest BCUT2D eigenvalue weighted by Crippen LogP contribution is 2.19. The number of ketones is 1. The number of halogens is 2.